The molecule has 0 spiro atoms. The van der Waals surface area contributed by atoms with Crippen molar-refractivity contribution in [3.8, 4) is 0 Å². The molecule has 0 unspecified atom stereocenters. The van der Waals surface area contributed by atoms with Crippen molar-refractivity contribution in [1.82, 2.24) is 19.5 Å². The van der Waals surface area contributed by atoms with E-state index in [2.05, 4.69) is 23.7 Å². The Morgan fingerprint density at radius 1 is 1.37 bits per heavy atom. The predicted octanol–water partition coefficient (Wildman–Crippen LogP) is 1.20. The molecule has 0 radical (unpaired) electrons. The molecule has 0 aromatic carbocycles. The Morgan fingerprint density at radius 2 is 2.04 bits per heavy atom. The Morgan fingerprint density at radius 3 is 2.59 bits per heavy atom. The summed E-state index contributed by atoms with van der Waals surface area (Å²) < 4.78 is 27.6. The smallest absolute Gasteiger partial charge is 0.250 e. The normalized spacial score (nSPS) is 26.8. The summed E-state index contributed by atoms with van der Waals surface area (Å²) in [7, 11) is -3.19. The second kappa shape index (κ2) is 5.75. The summed E-state index contributed by atoms with van der Waals surface area (Å²) in [5.74, 6) is -0.120. The van der Waals surface area contributed by atoms with Gasteiger partial charge >= 0.3 is 0 Å². The van der Waals surface area contributed by atoms with Crippen LogP contribution in [0.1, 0.15) is 49.2 Å². The third-order valence-corrected chi connectivity index (χ3v) is 6.39. The number of sulfonamides is 1. The lowest BCUT2D eigenvalue weighted by atomic mass is 9.40. The highest BCUT2D eigenvalue weighted by Gasteiger charge is 2.68. The van der Waals surface area contributed by atoms with Crippen LogP contribution in [0.2, 0.25) is 0 Å². The Balaban J connectivity index is 1.59. The van der Waals surface area contributed by atoms with E-state index in [9.17, 15) is 13.2 Å². The summed E-state index contributed by atoms with van der Waals surface area (Å²) in [6.07, 6.45) is 6.07. The largest absolute Gasteiger partial charge is 0.366 e. The number of nitrogens with zero attached hydrogens (tertiary/aromatic N) is 3. The van der Waals surface area contributed by atoms with Crippen LogP contribution in [-0.2, 0) is 23.0 Å². The summed E-state index contributed by atoms with van der Waals surface area (Å²) in [6, 6.07) is 1.78. The number of rotatable bonds is 7. The fourth-order valence-electron chi connectivity index (χ4n) is 4.90. The number of carbonyl (C=O) groups is 1. The maximum atomic E-state index is 11.8. The molecule has 5 rings (SSSR count). The number of aromatic nitrogens is 3. The Kier molecular flexibility index (Phi) is 3.91. The van der Waals surface area contributed by atoms with Crippen LogP contribution >= 0.6 is 0 Å². The highest BCUT2D eigenvalue weighted by Crippen LogP contribution is 2.68. The van der Waals surface area contributed by atoms with E-state index in [0.717, 1.165) is 30.3 Å². The summed E-state index contributed by atoms with van der Waals surface area (Å²) in [5, 5.41) is 5.27. The molecule has 9 heteroatoms. The predicted molar refractivity (Wildman–Crippen MR) is 102 cm³/mol. The first kappa shape index (κ1) is 18.4. The molecule has 3 saturated carbocycles. The number of fused-ring (bicyclic) bond motifs is 1. The van der Waals surface area contributed by atoms with Gasteiger partial charge in [0.2, 0.25) is 10.0 Å². The molecule has 3 aliphatic carbocycles. The van der Waals surface area contributed by atoms with E-state index in [1.165, 1.54) is 6.26 Å². The van der Waals surface area contributed by atoms with Crippen LogP contribution < -0.4 is 10.5 Å². The third-order valence-electron chi connectivity index (χ3n) is 5.58. The molecule has 2 bridgehead atoms. The lowest BCUT2D eigenvalue weighted by Crippen LogP contribution is -2.75. The van der Waals surface area contributed by atoms with E-state index in [0.29, 0.717) is 30.1 Å². The van der Waals surface area contributed by atoms with Crippen molar-refractivity contribution in [1.29, 1.82) is 0 Å². The van der Waals surface area contributed by atoms with Crippen molar-refractivity contribution in [2.45, 2.75) is 51.6 Å². The molecule has 0 aliphatic heterocycles. The van der Waals surface area contributed by atoms with Gasteiger partial charge in [0, 0.05) is 17.5 Å². The number of hydrogen-bond donors (Lipinski definition) is 2. The number of amides is 1. The number of carbonyl (C=O) groups excluding carboxylic acids is 1. The van der Waals surface area contributed by atoms with Crippen LogP contribution in [-0.4, -0.2) is 40.9 Å². The molecule has 27 heavy (non-hydrogen) atoms. The van der Waals surface area contributed by atoms with Crippen molar-refractivity contribution in [2.75, 3.05) is 6.26 Å². The minimum atomic E-state index is -3.19. The summed E-state index contributed by atoms with van der Waals surface area (Å²) in [5.41, 5.74) is 7.27. The standard InChI is InChI=1S/C18H25N5O3S/c1-11(2)4-14-13(15(19)24)5-12-6-20-23(16(12)21-14)10-17-7-18(8-17,9-17)22-27(3,25)26/h5-6,11,22H,4,7-10H2,1-3H3,(H2,19,24). The van der Waals surface area contributed by atoms with Crippen LogP contribution in [0.15, 0.2) is 12.3 Å². The maximum absolute atomic E-state index is 11.8. The molecule has 1 amide bonds. The molecular formula is C18H25N5O3S. The highest BCUT2D eigenvalue weighted by molar-refractivity contribution is 7.88. The van der Waals surface area contributed by atoms with Gasteiger partial charge in [0.1, 0.15) is 0 Å². The first-order chi connectivity index (χ1) is 12.5. The molecule has 3 aliphatic rings. The number of hydrogen-bond acceptors (Lipinski definition) is 5. The van der Waals surface area contributed by atoms with Crippen LogP contribution in [0.4, 0.5) is 0 Å². The van der Waals surface area contributed by atoms with E-state index < -0.39 is 15.9 Å². The van der Waals surface area contributed by atoms with Gasteiger partial charge in [0.15, 0.2) is 5.65 Å². The van der Waals surface area contributed by atoms with Gasteiger partial charge in [-0.15, -0.1) is 0 Å². The minimum Gasteiger partial charge on any atom is -0.366 e. The van der Waals surface area contributed by atoms with Gasteiger partial charge in [0.05, 0.1) is 23.7 Å². The molecular weight excluding hydrogens is 366 g/mol. The first-order valence-electron chi connectivity index (χ1n) is 9.14. The van der Waals surface area contributed by atoms with Gasteiger partial charge in [-0.25, -0.2) is 22.8 Å². The molecule has 146 valence electrons. The van der Waals surface area contributed by atoms with Crippen molar-refractivity contribution < 1.29 is 13.2 Å². The van der Waals surface area contributed by atoms with E-state index in [-0.39, 0.29) is 11.0 Å². The Bertz CT molecular complexity index is 1020. The van der Waals surface area contributed by atoms with Crippen LogP contribution in [0.3, 0.4) is 0 Å². The average molecular weight is 391 g/mol. The van der Waals surface area contributed by atoms with E-state index in [4.69, 9.17) is 10.7 Å². The third kappa shape index (κ3) is 3.23. The molecule has 3 N–H and O–H groups in total. The van der Waals surface area contributed by atoms with Crippen LogP contribution in [0, 0.1) is 11.3 Å². The average Bonchev–Trinajstić information content (AvgIpc) is 2.83. The monoisotopic (exact) mass is 391 g/mol. The van der Waals surface area contributed by atoms with Crippen LogP contribution in [0.25, 0.3) is 11.0 Å². The lowest BCUT2D eigenvalue weighted by molar-refractivity contribution is -0.152. The molecule has 2 aromatic heterocycles. The number of nitrogens with one attached hydrogen (secondary N) is 1. The second-order valence-electron chi connectivity index (χ2n) is 8.84. The zero-order valence-corrected chi connectivity index (χ0v) is 16.6. The summed E-state index contributed by atoms with van der Waals surface area (Å²) in [6.45, 7) is 4.85. The van der Waals surface area contributed by atoms with Gasteiger partial charge in [0.25, 0.3) is 5.91 Å². The molecule has 2 heterocycles. The topological polar surface area (TPSA) is 120 Å². The van der Waals surface area contributed by atoms with Crippen molar-refractivity contribution in [3.05, 3.63) is 23.5 Å². The summed E-state index contributed by atoms with van der Waals surface area (Å²) >= 11 is 0. The SMILES string of the molecule is CC(C)Cc1nc2c(cnn2CC23CC(NS(C)(=O)=O)(C2)C3)cc1C(N)=O. The number of pyridine rings is 1. The Hall–Kier alpha value is -2.00. The van der Waals surface area contributed by atoms with E-state index >= 15 is 0 Å². The number of nitrogens with two attached hydrogens (primary N) is 1. The maximum Gasteiger partial charge on any atom is 0.250 e. The molecule has 3 fully saturated rings. The zero-order chi connectivity index (χ0) is 19.6. The Labute approximate surface area is 158 Å². The fourth-order valence-corrected chi connectivity index (χ4v) is 5.90. The van der Waals surface area contributed by atoms with Crippen molar-refractivity contribution in [2.24, 2.45) is 17.1 Å². The second-order valence-corrected chi connectivity index (χ2v) is 10.6. The van der Waals surface area contributed by atoms with Crippen molar-refractivity contribution in [3.63, 3.8) is 0 Å². The quantitative estimate of drug-likeness (QED) is 0.735. The van der Waals surface area contributed by atoms with Crippen LogP contribution in [0.5, 0.6) is 0 Å². The fraction of sp³-hybridized carbons (Fsp3) is 0.611. The molecule has 2 aromatic rings. The van der Waals surface area contributed by atoms with Crippen molar-refractivity contribution >= 4 is 27.0 Å². The van der Waals surface area contributed by atoms with Gasteiger partial charge in [-0.3, -0.25) is 4.79 Å². The number of primary amides is 1. The molecule has 8 nitrogen and oxygen atoms in total. The highest BCUT2D eigenvalue weighted by atomic mass is 32.2. The van der Waals surface area contributed by atoms with Gasteiger partial charge in [-0.2, -0.15) is 5.10 Å². The lowest BCUT2D eigenvalue weighted by Gasteiger charge is -2.70. The zero-order valence-electron chi connectivity index (χ0n) is 15.8. The molecule has 0 saturated heterocycles. The van der Waals surface area contributed by atoms with Gasteiger partial charge < -0.3 is 5.73 Å². The van der Waals surface area contributed by atoms with E-state index in [1.807, 2.05) is 4.68 Å². The van der Waals surface area contributed by atoms with Gasteiger partial charge in [-0.05, 0) is 43.1 Å². The summed E-state index contributed by atoms with van der Waals surface area (Å²) in [4.78, 5) is 16.5. The minimum absolute atomic E-state index is 0.0822. The molecule has 0 atom stereocenters. The first-order valence-corrected chi connectivity index (χ1v) is 11.0. The van der Waals surface area contributed by atoms with Gasteiger partial charge in [-0.1, -0.05) is 13.8 Å². The van der Waals surface area contributed by atoms with E-state index in [1.54, 1.807) is 12.3 Å².